The minimum atomic E-state index is 0.0414. The Bertz CT molecular complexity index is 409. The van der Waals surface area contributed by atoms with Gasteiger partial charge in [0.05, 0.1) is 5.56 Å². The molecule has 0 bridgehead atoms. The Morgan fingerprint density at radius 1 is 1.42 bits per heavy atom. The van der Waals surface area contributed by atoms with Gasteiger partial charge in [0.15, 0.2) is 5.78 Å². The molecule has 0 spiro atoms. The summed E-state index contributed by atoms with van der Waals surface area (Å²) in [7, 11) is 2.10. The van der Waals surface area contributed by atoms with Crippen LogP contribution in [0.3, 0.4) is 0 Å². The minimum absolute atomic E-state index is 0.0414. The number of rotatable bonds is 8. The van der Waals surface area contributed by atoms with Crippen LogP contribution in [0.1, 0.15) is 24.2 Å². The number of ketones is 1. The van der Waals surface area contributed by atoms with E-state index in [9.17, 15) is 4.79 Å². The number of benzene rings is 1. The fourth-order valence-electron chi connectivity index (χ4n) is 1.77. The molecule has 0 radical (unpaired) electrons. The second kappa shape index (κ2) is 8.23. The summed E-state index contributed by atoms with van der Waals surface area (Å²) in [5.74, 6) is 1.83. The van der Waals surface area contributed by atoms with Crippen LogP contribution in [0.25, 0.3) is 0 Å². The van der Waals surface area contributed by atoms with Crippen LogP contribution in [-0.2, 0) is 0 Å². The first-order valence-corrected chi connectivity index (χ1v) is 7.87. The number of carbonyl (C=O) groups excluding carboxylic acids is 1. The van der Waals surface area contributed by atoms with Crippen molar-refractivity contribution in [1.29, 1.82) is 0 Å². The summed E-state index contributed by atoms with van der Waals surface area (Å²) < 4.78 is 5.73. The van der Waals surface area contributed by atoms with Gasteiger partial charge in [-0.15, -0.1) is 0 Å². The fourth-order valence-corrected chi connectivity index (χ4v) is 2.51. The molecular weight excluding hydrogens is 258 g/mol. The lowest BCUT2D eigenvalue weighted by Crippen LogP contribution is -2.34. The summed E-state index contributed by atoms with van der Waals surface area (Å²) in [6.45, 7) is 5.22. The summed E-state index contributed by atoms with van der Waals surface area (Å²) >= 11 is 1.85. The molecule has 0 aliphatic heterocycles. The van der Waals surface area contributed by atoms with Crippen molar-refractivity contribution in [3.63, 3.8) is 0 Å². The molecule has 0 N–H and O–H groups in total. The molecule has 1 rings (SSSR count). The van der Waals surface area contributed by atoms with E-state index in [1.165, 1.54) is 0 Å². The Hall–Kier alpha value is -1.00. The molecule has 0 aliphatic carbocycles. The first-order chi connectivity index (χ1) is 9.06. The van der Waals surface area contributed by atoms with E-state index in [0.29, 0.717) is 24.0 Å². The second-order valence-electron chi connectivity index (χ2n) is 4.69. The molecule has 1 unspecified atom stereocenters. The van der Waals surface area contributed by atoms with Gasteiger partial charge in [0.25, 0.3) is 0 Å². The number of Topliss-reactive ketones (excluding diaryl/α,β-unsaturated/α-hetero) is 1. The molecule has 0 aliphatic rings. The van der Waals surface area contributed by atoms with Crippen LogP contribution >= 0.6 is 11.8 Å². The molecule has 1 aromatic rings. The van der Waals surface area contributed by atoms with Crippen molar-refractivity contribution >= 4 is 17.5 Å². The number of nitrogens with zero attached hydrogens (tertiary/aromatic N) is 1. The number of carbonyl (C=O) groups is 1. The van der Waals surface area contributed by atoms with E-state index in [1.807, 2.05) is 30.0 Å². The number of thioether (sulfide) groups is 1. The molecule has 0 aromatic heterocycles. The minimum Gasteiger partial charge on any atom is -0.491 e. The molecule has 0 heterocycles. The fraction of sp³-hybridized carbons (Fsp3) is 0.533. The largest absolute Gasteiger partial charge is 0.491 e. The van der Waals surface area contributed by atoms with Crippen LogP contribution in [0.4, 0.5) is 0 Å². The molecule has 4 heteroatoms. The Balaban J connectivity index is 2.47. The Labute approximate surface area is 120 Å². The lowest BCUT2D eigenvalue weighted by molar-refractivity contribution is 0.101. The zero-order valence-corrected chi connectivity index (χ0v) is 13.0. The van der Waals surface area contributed by atoms with Crippen LogP contribution in [0.2, 0.25) is 0 Å². The van der Waals surface area contributed by atoms with Crippen LogP contribution in [0, 0.1) is 0 Å². The monoisotopic (exact) mass is 281 g/mol. The zero-order chi connectivity index (χ0) is 14.3. The van der Waals surface area contributed by atoms with E-state index < -0.39 is 0 Å². The summed E-state index contributed by atoms with van der Waals surface area (Å²) in [4.78, 5) is 13.7. The van der Waals surface area contributed by atoms with Gasteiger partial charge in [0.2, 0.25) is 0 Å². The third-order valence-corrected chi connectivity index (χ3v) is 3.94. The van der Waals surface area contributed by atoms with E-state index in [-0.39, 0.29) is 5.78 Å². The number of likely N-dealkylation sites (N-methyl/N-ethyl adjacent to an activating group) is 1. The molecule has 0 amide bonds. The predicted octanol–water partition coefficient (Wildman–Crippen LogP) is 2.95. The highest BCUT2D eigenvalue weighted by atomic mass is 32.2. The lowest BCUT2D eigenvalue weighted by atomic mass is 10.1. The van der Waals surface area contributed by atoms with E-state index >= 15 is 0 Å². The average Bonchev–Trinajstić information content (AvgIpc) is 2.39. The van der Waals surface area contributed by atoms with Crippen molar-refractivity contribution in [2.45, 2.75) is 19.9 Å². The van der Waals surface area contributed by atoms with Crippen molar-refractivity contribution in [2.75, 3.05) is 32.2 Å². The number of para-hydroxylation sites is 1. The van der Waals surface area contributed by atoms with E-state index in [4.69, 9.17) is 4.74 Å². The molecule has 0 saturated heterocycles. The van der Waals surface area contributed by atoms with Gasteiger partial charge < -0.3 is 4.74 Å². The topological polar surface area (TPSA) is 29.5 Å². The normalized spacial score (nSPS) is 12.5. The Kier molecular flexibility index (Phi) is 6.95. The highest BCUT2D eigenvalue weighted by Crippen LogP contribution is 2.18. The smallest absolute Gasteiger partial charge is 0.163 e. The molecule has 19 heavy (non-hydrogen) atoms. The van der Waals surface area contributed by atoms with Crippen LogP contribution in [0.15, 0.2) is 24.3 Å². The summed E-state index contributed by atoms with van der Waals surface area (Å²) in [6, 6.07) is 7.93. The van der Waals surface area contributed by atoms with Crippen molar-refractivity contribution in [1.82, 2.24) is 4.90 Å². The molecule has 1 atom stereocenters. The van der Waals surface area contributed by atoms with Crippen molar-refractivity contribution in [3.8, 4) is 5.75 Å². The standard InChI is InChI=1S/C15H23NO2S/c1-12(11-19-4)16(3)9-10-18-15-8-6-5-7-14(15)13(2)17/h5-8,12H,9-11H2,1-4H3. The Morgan fingerprint density at radius 2 is 2.11 bits per heavy atom. The predicted molar refractivity (Wildman–Crippen MR) is 82.4 cm³/mol. The van der Waals surface area contributed by atoms with Crippen LogP contribution in [0.5, 0.6) is 5.75 Å². The molecular formula is C15H23NO2S. The average molecular weight is 281 g/mol. The van der Waals surface area contributed by atoms with Crippen LogP contribution < -0.4 is 4.74 Å². The van der Waals surface area contributed by atoms with Crippen molar-refractivity contribution < 1.29 is 9.53 Å². The first kappa shape index (κ1) is 16.1. The SMILES string of the molecule is CSCC(C)N(C)CCOc1ccccc1C(C)=O. The first-order valence-electron chi connectivity index (χ1n) is 6.48. The number of hydrogen-bond donors (Lipinski definition) is 0. The summed E-state index contributed by atoms with van der Waals surface area (Å²) in [5.41, 5.74) is 0.655. The van der Waals surface area contributed by atoms with E-state index in [0.717, 1.165) is 12.3 Å². The maximum Gasteiger partial charge on any atom is 0.163 e. The van der Waals surface area contributed by atoms with Crippen LogP contribution in [-0.4, -0.2) is 48.9 Å². The van der Waals surface area contributed by atoms with Gasteiger partial charge in [0, 0.05) is 18.3 Å². The summed E-state index contributed by atoms with van der Waals surface area (Å²) in [5, 5.41) is 0. The second-order valence-corrected chi connectivity index (χ2v) is 5.60. The van der Waals surface area contributed by atoms with Crippen molar-refractivity contribution in [3.05, 3.63) is 29.8 Å². The summed E-state index contributed by atoms with van der Waals surface area (Å²) in [6.07, 6.45) is 2.12. The maximum absolute atomic E-state index is 11.5. The maximum atomic E-state index is 11.5. The quantitative estimate of drug-likeness (QED) is 0.685. The van der Waals surface area contributed by atoms with Gasteiger partial charge >= 0.3 is 0 Å². The third kappa shape index (κ3) is 5.25. The molecule has 1 aromatic carbocycles. The van der Waals surface area contributed by atoms with E-state index in [1.54, 1.807) is 13.0 Å². The Morgan fingerprint density at radius 3 is 2.74 bits per heavy atom. The third-order valence-electron chi connectivity index (χ3n) is 3.13. The van der Waals surface area contributed by atoms with Gasteiger partial charge in [-0.25, -0.2) is 0 Å². The molecule has 0 saturated carbocycles. The molecule has 0 fully saturated rings. The highest BCUT2D eigenvalue weighted by molar-refractivity contribution is 7.98. The van der Waals surface area contributed by atoms with Gasteiger partial charge in [-0.2, -0.15) is 11.8 Å². The van der Waals surface area contributed by atoms with Gasteiger partial charge in [0.1, 0.15) is 12.4 Å². The van der Waals surface area contributed by atoms with Crippen molar-refractivity contribution in [2.24, 2.45) is 0 Å². The van der Waals surface area contributed by atoms with Gasteiger partial charge in [-0.1, -0.05) is 12.1 Å². The lowest BCUT2D eigenvalue weighted by Gasteiger charge is -2.24. The van der Waals surface area contributed by atoms with Gasteiger partial charge in [-0.3, -0.25) is 9.69 Å². The van der Waals surface area contributed by atoms with Gasteiger partial charge in [-0.05, 0) is 39.3 Å². The van der Waals surface area contributed by atoms with E-state index in [2.05, 4.69) is 25.1 Å². The number of ether oxygens (including phenoxy) is 1. The molecule has 106 valence electrons. The number of hydrogen-bond acceptors (Lipinski definition) is 4. The highest BCUT2D eigenvalue weighted by Gasteiger charge is 2.10. The molecule has 3 nitrogen and oxygen atoms in total. The zero-order valence-electron chi connectivity index (χ0n) is 12.2.